The van der Waals surface area contributed by atoms with Crippen LogP contribution in [0, 0.1) is 0 Å². The topological polar surface area (TPSA) is 40.6 Å². The number of piperazine rings is 1. The van der Waals surface area contributed by atoms with E-state index in [1.807, 2.05) is 18.3 Å². The van der Waals surface area contributed by atoms with Gasteiger partial charge in [0.1, 0.15) is 5.82 Å². The molecule has 0 unspecified atom stereocenters. The molecular formula is C14H22N4OS. The first-order chi connectivity index (χ1) is 9.81. The molecule has 0 bridgehead atoms. The number of nitrogens with one attached hydrogen (secondary N) is 1. The van der Waals surface area contributed by atoms with Gasteiger partial charge in [0.2, 0.25) is 0 Å². The monoisotopic (exact) mass is 294 g/mol. The van der Waals surface area contributed by atoms with Gasteiger partial charge >= 0.3 is 0 Å². The lowest BCUT2D eigenvalue weighted by Gasteiger charge is -2.36. The summed E-state index contributed by atoms with van der Waals surface area (Å²) in [5, 5.41) is 4.13. The molecule has 2 rings (SSSR count). The van der Waals surface area contributed by atoms with E-state index in [2.05, 4.69) is 26.2 Å². The highest BCUT2D eigenvalue weighted by atomic mass is 32.1. The third-order valence-corrected chi connectivity index (χ3v) is 3.74. The zero-order chi connectivity index (χ0) is 14.2. The van der Waals surface area contributed by atoms with Gasteiger partial charge in [0.05, 0.1) is 0 Å². The van der Waals surface area contributed by atoms with Gasteiger partial charge in [0.25, 0.3) is 0 Å². The first-order valence-corrected chi connectivity index (χ1v) is 7.40. The molecule has 0 amide bonds. The minimum atomic E-state index is 0.767. The summed E-state index contributed by atoms with van der Waals surface area (Å²) in [5.74, 6) is 1.05. The Kier molecular flexibility index (Phi) is 6.01. The van der Waals surface area contributed by atoms with Gasteiger partial charge in [-0.15, -0.1) is 0 Å². The van der Waals surface area contributed by atoms with Crippen molar-refractivity contribution < 1.29 is 4.74 Å². The first kappa shape index (κ1) is 15.0. The second-order valence-corrected chi connectivity index (χ2v) is 5.13. The van der Waals surface area contributed by atoms with Crippen LogP contribution in [0.4, 0.5) is 5.82 Å². The molecule has 6 heteroatoms. The van der Waals surface area contributed by atoms with Crippen LogP contribution in [0.25, 0.3) is 0 Å². The minimum Gasteiger partial charge on any atom is -0.385 e. The molecule has 1 fully saturated rings. The second kappa shape index (κ2) is 8.01. The quantitative estimate of drug-likeness (QED) is 0.648. The van der Waals surface area contributed by atoms with Gasteiger partial charge in [-0.2, -0.15) is 0 Å². The van der Waals surface area contributed by atoms with E-state index in [0.717, 1.165) is 56.7 Å². The van der Waals surface area contributed by atoms with E-state index < -0.39 is 0 Å². The Balaban J connectivity index is 1.72. The van der Waals surface area contributed by atoms with Crippen molar-refractivity contribution in [2.45, 2.75) is 6.42 Å². The summed E-state index contributed by atoms with van der Waals surface area (Å²) >= 11 is 5.42. The normalized spacial score (nSPS) is 15.2. The van der Waals surface area contributed by atoms with Gasteiger partial charge in [-0.25, -0.2) is 4.98 Å². The largest absolute Gasteiger partial charge is 0.385 e. The molecule has 1 aliphatic heterocycles. The van der Waals surface area contributed by atoms with Gasteiger partial charge in [-0.3, -0.25) is 0 Å². The zero-order valence-corrected chi connectivity index (χ0v) is 12.7. The smallest absolute Gasteiger partial charge is 0.169 e. The van der Waals surface area contributed by atoms with Crippen molar-refractivity contribution in [1.29, 1.82) is 0 Å². The molecule has 0 spiro atoms. The number of hydrogen-bond donors (Lipinski definition) is 1. The Morgan fingerprint density at radius 2 is 2.15 bits per heavy atom. The van der Waals surface area contributed by atoms with Gasteiger partial charge in [0, 0.05) is 52.6 Å². The fourth-order valence-corrected chi connectivity index (χ4v) is 2.49. The molecule has 1 aromatic heterocycles. The molecule has 20 heavy (non-hydrogen) atoms. The maximum Gasteiger partial charge on any atom is 0.169 e. The van der Waals surface area contributed by atoms with Crippen molar-refractivity contribution in [2.75, 3.05) is 51.3 Å². The molecule has 5 nitrogen and oxygen atoms in total. The summed E-state index contributed by atoms with van der Waals surface area (Å²) in [7, 11) is 1.72. The van der Waals surface area contributed by atoms with Crippen LogP contribution in [0.15, 0.2) is 24.4 Å². The van der Waals surface area contributed by atoms with Gasteiger partial charge in [0.15, 0.2) is 5.11 Å². The molecule has 0 saturated carbocycles. The molecule has 0 radical (unpaired) electrons. The third-order valence-electron chi connectivity index (χ3n) is 3.34. The Morgan fingerprint density at radius 3 is 2.80 bits per heavy atom. The number of anilines is 1. The SMILES string of the molecule is COCCCNC(=S)N1CCN(c2ccccn2)CC1. The summed E-state index contributed by atoms with van der Waals surface area (Å²) in [5.41, 5.74) is 0. The number of thiocarbonyl (C=S) groups is 1. The predicted molar refractivity (Wildman–Crippen MR) is 85.1 cm³/mol. The van der Waals surface area contributed by atoms with Crippen molar-refractivity contribution in [2.24, 2.45) is 0 Å². The molecule has 1 saturated heterocycles. The average molecular weight is 294 g/mol. The fourth-order valence-electron chi connectivity index (χ4n) is 2.20. The number of nitrogens with zero attached hydrogens (tertiary/aromatic N) is 3. The molecule has 1 aliphatic rings. The van der Waals surface area contributed by atoms with Crippen LogP contribution in [0.1, 0.15) is 6.42 Å². The maximum atomic E-state index is 5.42. The van der Waals surface area contributed by atoms with Crippen LogP contribution in [-0.2, 0) is 4.74 Å². The Morgan fingerprint density at radius 1 is 1.35 bits per heavy atom. The van der Waals surface area contributed by atoms with Gasteiger partial charge in [-0.1, -0.05) is 6.07 Å². The first-order valence-electron chi connectivity index (χ1n) is 6.99. The highest BCUT2D eigenvalue weighted by Gasteiger charge is 2.19. The van der Waals surface area contributed by atoms with Crippen molar-refractivity contribution in [3.8, 4) is 0 Å². The lowest BCUT2D eigenvalue weighted by atomic mass is 10.3. The molecule has 0 atom stereocenters. The van der Waals surface area contributed by atoms with E-state index >= 15 is 0 Å². The third kappa shape index (κ3) is 4.31. The molecule has 2 heterocycles. The highest BCUT2D eigenvalue weighted by molar-refractivity contribution is 7.80. The summed E-state index contributed by atoms with van der Waals surface area (Å²) in [4.78, 5) is 8.91. The molecule has 110 valence electrons. The van der Waals surface area contributed by atoms with Crippen LogP contribution >= 0.6 is 12.2 Å². The lowest BCUT2D eigenvalue weighted by Crippen LogP contribution is -2.52. The van der Waals surface area contributed by atoms with E-state index in [1.54, 1.807) is 7.11 Å². The molecule has 0 aromatic carbocycles. The number of methoxy groups -OCH3 is 1. The maximum absolute atomic E-state index is 5.42. The summed E-state index contributed by atoms with van der Waals surface area (Å²) in [6.07, 6.45) is 2.81. The van der Waals surface area contributed by atoms with Crippen molar-refractivity contribution in [3.05, 3.63) is 24.4 Å². The van der Waals surface area contributed by atoms with Gasteiger partial charge < -0.3 is 19.9 Å². The van der Waals surface area contributed by atoms with E-state index in [-0.39, 0.29) is 0 Å². The van der Waals surface area contributed by atoms with Crippen molar-refractivity contribution in [3.63, 3.8) is 0 Å². The standard InChI is InChI=1S/C14H22N4OS/c1-19-12-4-7-16-14(20)18-10-8-17(9-11-18)13-5-2-3-6-15-13/h2-3,5-6H,4,7-12H2,1H3,(H,16,20). The number of aromatic nitrogens is 1. The van der Waals surface area contributed by atoms with Crippen molar-refractivity contribution >= 4 is 23.1 Å². The lowest BCUT2D eigenvalue weighted by molar-refractivity contribution is 0.195. The fraction of sp³-hybridized carbons (Fsp3) is 0.571. The predicted octanol–water partition coefficient (Wildman–Crippen LogP) is 1.11. The molecule has 1 aromatic rings. The van der Waals surface area contributed by atoms with Gasteiger partial charge in [-0.05, 0) is 30.8 Å². The Bertz CT molecular complexity index is 407. The van der Waals surface area contributed by atoms with E-state index in [1.165, 1.54) is 0 Å². The van der Waals surface area contributed by atoms with Crippen LogP contribution in [0.2, 0.25) is 0 Å². The van der Waals surface area contributed by atoms with Crippen LogP contribution in [0.5, 0.6) is 0 Å². The van der Waals surface area contributed by atoms with Crippen LogP contribution < -0.4 is 10.2 Å². The summed E-state index contributed by atoms with van der Waals surface area (Å²) < 4.78 is 5.02. The Labute approximate surface area is 125 Å². The number of hydrogen-bond acceptors (Lipinski definition) is 4. The summed E-state index contributed by atoms with van der Waals surface area (Å²) in [6.45, 7) is 5.42. The van der Waals surface area contributed by atoms with Crippen LogP contribution in [-0.4, -0.2) is 61.4 Å². The summed E-state index contributed by atoms with van der Waals surface area (Å²) in [6, 6.07) is 6.02. The number of pyridine rings is 1. The molecule has 1 N–H and O–H groups in total. The average Bonchev–Trinajstić information content (AvgIpc) is 2.52. The zero-order valence-electron chi connectivity index (χ0n) is 11.9. The van der Waals surface area contributed by atoms with E-state index in [9.17, 15) is 0 Å². The second-order valence-electron chi connectivity index (χ2n) is 4.74. The van der Waals surface area contributed by atoms with E-state index in [4.69, 9.17) is 17.0 Å². The minimum absolute atomic E-state index is 0.767. The number of ether oxygens (including phenoxy) is 1. The highest BCUT2D eigenvalue weighted by Crippen LogP contribution is 2.12. The molecular weight excluding hydrogens is 272 g/mol. The van der Waals surface area contributed by atoms with E-state index in [0.29, 0.717) is 0 Å². The van der Waals surface area contributed by atoms with Crippen LogP contribution in [0.3, 0.4) is 0 Å². The Hall–Kier alpha value is -1.40. The number of rotatable bonds is 5. The molecule has 0 aliphatic carbocycles. The van der Waals surface area contributed by atoms with Crippen molar-refractivity contribution in [1.82, 2.24) is 15.2 Å².